The molecule has 1 saturated heterocycles. The van der Waals surface area contributed by atoms with Gasteiger partial charge in [0.15, 0.2) is 0 Å². The van der Waals surface area contributed by atoms with Crippen LogP contribution < -0.4 is 10.6 Å². The quantitative estimate of drug-likeness (QED) is 0.859. The molecule has 82 valence electrons. The van der Waals surface area contributed by atoms with Crippen molar-refractivity contribution < 1.29 is 9.21 Å². The van der Waals surface area contributed by atoms with Crippen molar-refractivity contribution in [2.24, 2.45) is 0 Å². The van der Waals surface area contributed by atoms with Crippen LogP contribution in [0.2, 0.25) is 0 Å². The van der Waals surface area contributed by atoms with Crippen molar-refractivity contribution >= 4 is 21.8 Å². The topological polar surface area (TPSA) is 54.3 Å². The monoisotopic (exact) mass is 272 g/mol. The number of amides is 1. The zero-order chi connectivity index (χ0) is 10.7. The molecule has 2 rings (SSSR count). The lowest BCUT2D eigenvalue weighted by atomic mass is 10.1. The second-order valence-electron chi connectivity index (χ2n) is 3.61. The van der Waals surface area contributed by atoms with E-state index >= 15 is 0 Å². The average Bonchev–Trinajstić information content (AvgIpc) is 2.66. The molecule has 1 aliphatic heterocycles. The molecule has 1 aromatic heterocycles. The highest BCUT2D eigenvalue weighted by molar-refractivity contribution is 9.10. The van der Waals surface area contributed by atoms with Crippen LogP contribution in [0.1, 0.15) is 23.4 Å². The van der Waals surface area contributed by atoms with E-state index in [9.17, 15) is 4.79 Å². The molecule has 0 unspecified atom stereocenters. The third-order valence-electron chi connectivity index (χ3n) is 2.46. The van der Waals surface area contributed by atoms with E-state index in [1.54, 1.807) is 6.07 Å². The van der Waals surface area contributed by atoms with Crippen LogP contribution in [0, 0.1) is 0 Å². The maximum atomic E-state index is 11.7. The summed E-state index contributed by atoms with van der Waals surface area (Å²) in [5, 5.41) is 6.18. The van der Waals surface area contributed by atoms with Crippen molar-refractivity contribution in [3.63, 3.8) is 0 Å². The Kier molecular flexibility index (Phi) is 3.43. The number of carbonyl (C=O) groups excluding carboxylic acids is 1. The first-order chi connectivity index (χ1) is 7.27. The van der Waals surface area contributed by atoms with Gasteiger partial charge in [0.2, 0.25) is 5.76 Å². The van der Waals surface area contributed by atoms with Crippen LogP contribution in [0.15, 0.2) is 21.2 Å². The normalized spacial score (nSPS) is 21.3. The van der Waals surface area contributed by atoms with Crippen LogP contribution in [-0.4, -0.2) is 25.0 Å². The fourth-order valence-corrected chi connectivity index (χ4v) is 2.06. The first kappa shape index (κ1) is 10.7. The lowest BCUT2D eigenvalue weighted by Gasteiger charge is -2.23. The number of nitrogens with one attached hydrogen (secondary N) is 2. The molecule has 0 spiro atoms. The average molecular weight is 273 g/mol. The molecule has 2 N–H and O–H groups in total. The molecule has 0 saturated carbocycles. The minimum atomic E-state index is -0.152. The van der Waals surface area contributed by atoms with Gasteiger partial charge in [0.25, 0.3) is 5.91 Å². The molecule has 1 aromatic rings. The fraction of sp³-hybridized carbons (Fsp3) is 0.500. The number of piperidine rings is 1. The third kappa shape index (κ3) is 2.60. The fourth-order valence-electron chi connectivity index (χ4n) is 1.68. The van der Waals surface area contributed by atoms with E-state index in [4.69, 9.17) is 4.42 Å². The van der Waals surface area contributed by atoms with Gasteiger partial charge >= 0.3 is 0 Å². The Hall–Kier alpha value is -0.810. The lowest BCUT2D eigenvalue weighted by Crippen LogP contribution is -2.45. The second kappa shape index (κ2) is 4.81. The predicted octanol–water partition coefficient (Wildman–Crippen LogP) is 1.52. The largest absolute Gasteiger partial charge is 0.458 e. The summed E-state index contributed by atoms with van der Waals surface area (Å²) in [6.07, 6.45) is 3.62. The predicted molar refractivity (Wildman–Crippen MR) is 59.8 cm³/mol. The molecule has 5 heteroatoms. The van der Waals surface area contributed by atoms with E-state index in [1.807, 2.05) is 0 Å². The van der Waals surface area contributed by atoms with Gasteiger partial charge in [-0.25, -0.2) is 0 Å². The van der Waals surface area contributed by atoms with Crippen LogP contribution >= 0.6 is 15.9 Å². The Balaban J connectivity index is 1.94. The van der Waals surface area contributed by atoms with E-state index in [0.717, 1.165) is 25.9 Å². The standard InChI is InChI=1S/C10H13BrN2O2/c11-8-3-5-15-9(8)10(14)13-7-2-1-4-12-6-7/h3,5,7,12H,1-2,4,6H2,(H,13,14)/t7-/m0/s1. The number of rotatable bonds is 2. The van der Waals surface area contributed by atoms with Gasteiger partial charge in [-0.05, 0) is 41.4 Å². The van der Waals surface area contributed by atoms with Crippen LogP contribution in [0.5, 0.6) is 0 Å². The molecular weight excluding hydrogens is 260 g/mol. The number of carbonyl (C=O) groups is 1. The van der Waals surface area contributed by atoms with Crippen molar-refractivity contribution in [2.45, 2.75) is 18.9 Å². The van der Waals surface area contributed by atoms with E-state index in [2.05, 4.69) is 26.6 Å². The number of hydrogen-bond donors (Lipinski definition) is 2. The van der Waals surface area contributed by atoms with Crippen LogP contribution in [0.25, 0.3) is 0 Å². The first-order valence-electron chi connectivity index (χ1n) is 5.02. The molecule has 0 aliphatic carbocycles. The van der Waals surface area contributed by atoms with Gasteiger partial charge in [-0.3, -0.25) is 4.79 Å². The molecule has 15 heavy (non-hydrogen) atoms. The maximum Gasteiger partial charge on any atom is 0.288 e. The van der Waals surface area contributed by atoms with Gasteiger partial charge in [-0.1, -0.05) is 0 Å². The van der Waals surface area contributed by atoms with Crippen molar-refractivity contribution in [3.05, 3.63) is 22.6 Å². The Morgan fingerprint density at radius 2 is 2.53 bits per heavy atom. The Morgan fingerprint density at radius 1 is 1.67 bits per heavy atom. The van der Waals surface area contributed by atoms with E-state index < -0.39 is 0 Å². The van der Waals surface area contributed by atoms with Crippen LogP contribution in [0.4, 0.5) is 0 Å². The summed E-state index contributed by atoms with van der Waals surface area (Å²) in [6.45, 7) is 1.88. The van der Waals surface area contributed by atoms with Gasteiger partial charge in [0.1, 0.15) is 0 Å². The summed E-state index contributed by atoms with van der Waals surface area (Å²) in [5.74, 6) is 0.196. The lowest BCUT2D eigenvalue weighted by molar-refractivity contribution is 0.0901. The SMILES string of the molecule is O=C(N[C@H]1CCCNC1)c1occc1Br. The van der Waals surface area contributed by atoms with Crippen molar-refractivity contribution in [3.8, 4) is 0 Å². The zero-order valence-corrected chi connectivity index (χ0v) is 9.84. The molecule has 2 heterocycles. The van der Waals surface area contributed by atoms with Gasteiger partial charge < -0.3 is 15.1 Å². The minimum absolute atomic E-state index is 0.152. The van der Waals surface area contributed by atoms with Gasteiger partial charge in [-0.2, -0.15) is 0 Å². The summed E-state index contributed by atoms with van der Waals surface area (Å²) < 4.78 is 5.79. The van der Waals surface area contributed by atoms with Crippen LogP contribution in [-0.2, 0) is 0 Å². The van der Waals surface area contributed by atoms with Crippen molar-refractivity contribution in [1.29, 1.82) is 0 Å². The molecule has 1 aliphatic rings. The second-order valence-corrected chi connectivity index (χ2v) is 4.47. The summed E-state index contributed by atoms with van der Waals surface area (Å²) in [7, 11) is 0. The molecule has 1 atom stereocenters. The van der Waals surface area contributed by atoms with E-state index in [0.29, 0.717) is 10.2 Å². The smallest absolute Gasteiger partial charge is 0.288 e. The highest BCUT2D eigenvalue weighted by Gasteiger charge is 2.19. The molecular formula is C10H13BrN2O2. The Morgan fingerprint density at radius 3 is 3.13 bits per heavy atom. The van der Waals surface area contributed by atoms with Gasteiger partial charge in [-0.15, -0.1) is 0 Å². The first-order valence-corrected chi connectivity index (χ1v) is 5.81. The number of hydrogen-bond acceptors (Lipinski definition) is 3. The summed E-state index contributed by atoms with van der Waals surface area (Å²) in [4.78, 5) is 11.7. The molecule has 1 fully saturated rings. The maximum absolute atomic E-state index is 11.7. The van der Waals surface area contributed by atoms with Crippen molar-refractivity contribution in [2.75, 3.05) is 13.1 Å². The van der Waals surface area contributed by atoms with Gasteiger partial charge in [0.05, 0.1) is 10.7 Å². The number of halogens is 1. The van der Waals surface area contributed by atoms with Crippen LogP contribution in [0.3, 0.4) is 0 Å². The Bertz CT molecular complexity index is 345. The molecule has 4 nitrogen and oxygen atoms in total. The van der Waals surface area contributed by atoms with Gasteiger partial charge in [0, 0.05) is 12.6 Å². The van der Waals surface area contributed by atoms with E-state index in [-0.39, 0.29) is 11.9 Å². The van der Waals surface area contributed by atoms with Crippen molar-refractivity contribution in [1.82, 2.24) is 10.6 Å². The number of furan rings is 1. The highest BCUT2D eigenvalue weighted by Crippen LogP contribution is 2.17. The summed E-state index contributed by atoms with van der Waals surface area (Å²) >= 11 is 3.26. The van der Waals surface area contributed by atoms with E-state index in [1.165, 1.54) is 6.26 Å². The molecule has 1 amide bonds. The summed E-state index contributed by atoms with van der Waals surface area (Å²) in [6, 6.07) is 1.93. The third-order valence-corrected chi connectivity index (χ3v) is 3.08. The molecule has 0 bridgehead atoms. The Labute approximate surface area is 96.5 Å². The summed E-state index contributed by atoms with van der Waals surface area (Å²) in [5.41, 5.74) is 0. The molecule has 0 aromatic carbocycles. The molecule has 0 radical (unpaired) electrons. The highest BCUT2D eigenvalue weighted by atomic mass is 79.9. The zero-order valence-electron chi connectivity index (χ0n) is 8.25. The minimum Gasteiger partial charge on any atom is -0.458 e.